The number of fused-ring (bicyclic) bond motifs is 1. The van der Waals surface area contributed by atoms with Crippen LogP contribution in [0.2, 0.25) is 0 Å². The number of aromatic nitrogens is 2. The van der Waals surface area contributed by atoms with Crippen LogP contribution < -0.4 is 10.9 Å². The molecule has 1 aromatic carbocycles. The molecule has 29 heavy (non-hydrogen) atoms. The number of benzene rings is 1. The van der Waals surface area contributed by atoms with Gasteiger partial charge in [-0.15, -0.1) is 0 Å². The molecule has 6 nitrogen and oxygen atoms in total. The van der Waals surface area contributed by atoms with Crippen molar-refractivity contribution in [2.75, 3.05) is 0 Å². The second kappa shape index (κ2) is 8.61. The van der Waals surface area contributed by atoms with Gasteiger partial charge in [0.2, 0.25) is 0 Å². The Balaban J connectivity index is 1.54. The summed E-state index contributed by atoms with van der Waals surface area (Å²) in [5, 5.41) is 3.33. The van der Waals surface area contributed by atoms with E-state index in [-0.39, 0.29) is 11.5 Å². The lowest BCUT2D eigenvalue weighted by Gasteiger charge is -2.14. The molecule has 3 aromatic rings. The molecule has 1 aliphatic rings. The van der Waals surface area contributed by atoms with E-state index in [2.05, 4.69) is 16.4 Å². The van der Waals surface area contributed by atoms with Crippen LogP contribution in [0.3, 0.4) is 0 Å². The van der Waals surface area contributed by atoms with Crippen molar-refractivity contribution in [1.29, 1.82) is 0 Å². The van der Waals surface area contributed by atoms with Crippen molar-refractivity contribution in [2.24, 2.45) is 0 Å². The summed E-state index contributed by atoms with van der Waals surface area (Å²) in [6, 6.07) is 8.57. The minimum atomic E-state index is -0.240. The highest BCUT2D eigenvalue weighted by molar-refractivity contribution is 7.71. The summed E-state index contributed by atoms with van der Waals surface area (Å²) in [7, 11) is 0. The fourth-order valence-electron chi connectivity index (χ4n) is 3.67. The average Bonchev–Trinajstić information content (AvgIpc) is 3.26. The molecule has 0 atom stereocenters. The van der Waals surface area contributed by atoms with Crippen LogP contribution in [0.25, 0.3) is 10.9 Å². The number of nitrogens with zero attached hydrogens (tertiary/aromatic N) is 1. The number of amides is 1. The summed E-state index contributed by atoms with van der Waals surface area (Å²) in [4.78, 5) is 28.5. The van der Waals surface area contributed by atoms with Crippen molar-refractivity contribution in [1.82, 2.24) is 14.9 Å². The topological polar surface area (TPSA) is 80.0 Å². The number of carbonyl (C=O) groups is 1. The zero-order valence-corrected chi connectivity index (χ0v) is 16.9. The molecule has 0 fully saturated rings. The Morgan fingerprint density at radius 1 is 1.28 bits per heavy atom. The number of hydrogen-bond acceptors (Lipinski definition) is 4. The number of furan rings is 1. The maximum Gasteiger partial charge on any atom is 0.262 e. The molecule has 0 bridgehead atoms. The second-order valence-corrected chi connectivity index (χ2v) is 7.65. The number of aromatic amines is 1. The van der Waals surface area contributed by atoms with E-state index in [1.165, 1.54) is 18.4 Å². The van der Waals surface area contributed by atoms with Gasteiger partial charge in [-0.25, -0.2) is 0 Å². The van der Waals surface area contributed by atoms with Gasteiger partial charge < -0.3 is 14.7 Å². The average molecular weight is 410 g/mol. The summed E-state index contributed by atoms with van der Waals surface area (Å²) in [6.45, 7) is 0.874. The standard InChI is InChI=1S/C22H23N3O3S/c26-20(23-14-17-7-4-12-28-17)16-8-9-18-19(13-16)24-22(29)25(21(18)27)11-10-15-5-2-1-3-6-15/h4-5,7-9,12-13H,1-3,6,10-11,14H2,(H,23,26)(H,24,29). The van der Waals surface area contributed by atoms with Crippen molar-refractivity contribution >= 4 is 29.0 Å². The predicted octanol–water partition coefficient (Wildman–Crippen LogP) is 4.47. The van der Waals surface area contributed by atoms with Gasteiger partial charge in [-0.2, -0.15) is 0 Å². The van der Waals surface area contributed by atoms with Gasteiger partial charge in [0.25, 0.3) is 11.5 Å². The molecular formula is C22H23N3O3S. The quantitative estimate of drug-likeness (QED) is 0.465. The Kier molecular flexibility index (Phi) is 5.76. The first-order valence-electron chi connectivity index (χ1n) is 9.87. The Hall–Kier alpha value is -2.93. The summed E-state index contributed by atoms with van der Waals surface area (Å²) in [5.74, 6) is 0.436. The van der Waals surface area contributed by atoms with Crippen LogP contribution in [-0.4, -0.2) is 15.5 Å². The molecule has 0 spiro atoms. The van der Waals surface area contributed by atoms with Gasteiger partial charge in [0.05, 0.1) is 23.7 Å². The number of rotatable bonds is 6. The van der Waals surface area contributed by atoms with Crippen molar-refractivity contribution in [3.63, 3.8) is 0 Å². The molecular weight excluding hydrogens is 386 g/mol. The van der Waals surface area contributed by atoms with E-state index in [9.17, 15) is 9.59 Å². The van der Waals surface area contributed by atoms with E-state index < -0.39 is 0 Å². The third-order valence-corrected chi connectivity index (χ3v) is 5.61. The molecule has 2 aromatic heterocycles. The molecule has 150 valence electrons. The molecule has 1 aliphatic carbocycles. The van der Waals surface area contributed by atoms with Crippen LogP contribution >= 0.6 is 12.2 Å². The lowest BCUT2D eigenvalue weighted by molar-refractivity contribution is 0.0948. The van der Waals surface area contributed by atoms with E-state index >= 15 is 0 Å². The van der Waals surface area contributed by atoms with Gasteiger partial charge in [-0.1, -0.05) is 11.6 Å². The molecule has 0 saturated carbocycles. The van der Waals surface area contributed by atoms with Gasteiger partial charge in [-0.05, 0) is 74.7 Å². The van der Waals surface area contributed by atoms with Crippen LogP contribution in [0, 0.1) is 4.77 Å². The van der Waals surface area contributed by atoms with E-state index in [0.29, 0.717) is 40.1 Å². The minimum absolute atomic E-state index is 0.122. The molecule has 1 amide bonds. The Labute approximate surface area is 173 Å². The third kappa shape index (κ3) is 4.40. The van der Waals surface area contributed by atoms with Crippen molar-refractivity contribution < 1.29 is 9.21 Å². The lowest BCUT2D eigenvalue weighted by atomic mass is 9.97. The summed E-state index contributed by atoms with van der Waals surface area (Å²) in [5.41, 5.74) is 2.31. The van der Waals surface area contributed by atoms with E-state index in [4.69, 9.17) is 16.6 Å². The van der Waals surface area contributed by atoms with Crippen LogP contribution in [-0.2, 0) is 13.1 Å². The molecule has 0 radical (unpaired) electrons. The molecule has 7 heteroatoms. The highest BCUT2D eigenvalue weighted by Crippen LogP contribution is 2.20. The minimum Gasteiger partial charge on any atom is -0.467 e. The van der Waals surface area contributed by atoms with Crippen LogP contribution in [0.5, 0.6) is 0 Å². The van der Waals surface area contributed by atoms with Gasteiger partial charge in [0.1, 0.15) is 5.76 Å². The summed E-state index contributed by atoms with van der Waals surface area (Å²) in [6.07, 6.45) is 9.39. The molecule has 0 aliphatic heterocycles. The largest absolute Gasteiger partial charge is 0.467 e. The van der Waals surface area contributed by atoms with Crippen LogP contribution in [0.1, 0.15) is 48.2 Å². The second-order valence-electron chi connectivity index (χ2n) is 7.27. The van der Waals surface area contributed by atoms with E-state index in [0.717, 1.165) is 19.3 Å². The monoisotopic (exact) mass is 409 g/mol. The van der Waals surface area contributed by atoms with Gasteiger partial charge in [0, 0.05) is 12.1 Å². The normalized spacial score (nSPS) is 14.0. The van der Waals surface area contributed by atoms with Crippen LogP contribution in [0.4, 0.5) is 0 Å². The summed E-state index contributed by atoms with van der Waals surface area (Å²) < 4.78 is 7.22. The first-order chi connectivity index (χ1) is 14.1. The zero-order valence-electron chi connectivity index (χ0n) is 16.1. The molecule has 2 N–H and O–H groups in total. The molecule has 2 heterocycles. The van der Waals surface area contributed by atoms with Crippen molar-refractivity contribution in [3.05, 3.63) is 74.7 Å². The Bertz CT molecular complexity index is 1170. The highest BCUT2D eigenvalue weighted by atomic mass is 32.1. The Morgan fingerprint density at radius 2 is 2.17 bits per heavy atom. The van der Waals surface area contributed by atoms with Crippen molar-refractivity contribution in [2.45, 2.75) is 45.2 Å². The molecule has 0 unspecified atom stereocenters. The van der Waals surface area contributed by atoms with Gasteiger partial charge in [-0.3, -0.25) is 14.2 Å². The first-order valence-corrected chi connectivity index (χ1v) is 10.3. The zero-order chi connectivity index (χ0) is 20.2. The SMILES string of the molecule is O=C(NCc1ccco1)c1ccc2c(=O)n(CCC3=CCCCC3)c(=S)[nH]c2c1. The fraction of sp³-hybridized carbons (Fsp3) is 0.318. The number of carbonyl (C=O) groups excluding carboxylic acids is 1. The maximum atomic E-state index is 12.9. The number of hydrogen-bond donors (Lipinski definition) is 2. The maximum absolute atomic E-state index is 12.9. The first kappa shape index (κ1) is 19.4. The Morgan fingerprint density at radius 3 is 2.93 bits per heavy atom. The summed E-state index contributed by atoms with van der Waals surface area (Å²) >= 11 is 5.42. The van der Waals surface area contributed by atoms with Crippen molar-refractivity contribution in [3.8, 4) is 0 Å². The molecule has 4 rings (SSSR count). The van der Waals surface area contributed by atoms with Gasteiger partial charge in [0.15, 0.2) is 4.77 Å². The number of H-pyrrole nitrogens is 1. The highest BCUT2D eigenvalue weighted by Gasteiger charge is 2.12. The molecule has 0 saturated heterocycles. The van der Waals surface area contributed by atoms with Crippen LogP contribution in [0.15, 0.2) is 57.5 Å². The third-order valence-electron chi connectivity index (χ3n) is 5.29. The lowest BCUT2D eigenvalue weighted by Crippen LogP contribution is -2.24. The fourth-order valence-corrected chi connectivity index (χ4v) is 3.95. The smallest absolute Gasteiger partial charge is 0.262 e. The number of allylic oxidation sites excluding steroid dienone is 2. The van der Waals surface area contributed by atoms with Gasteiger partial charge >= 0.3 is 0 Å². The number of nitrogens with one attached hydrogen (secondary N) is 2. The van der Waals surface area contributed by atoms with E-state index in [1.807, 2.05) is 0 Å². The predicted molar refractivity (Wildman–Crippen MR) is 114 cm³/mol. The van der Waals surface area contributed by atoms with E-state index in [1.54, 1.807) is 41.2 Å².